The highest BCUT2D eigenvalue weighted by Crippen LogP contribution is 2.28. The molecule has 0 saturated carbocycles. The minimum absolute atomic E-state index is 0.109. The fourth-order valence-corrected chi connectivity index (χ4v) is 3.24. The number of halogens is 1. The molecule has 2 amide bonds. The molecule has 1 unspecified atom stereocenters. The van der Waals surface area contributed by atoms with E-state index in [1.54, 1.807) is 19.1 Å². The third-order valence-corrected chi connectivity index (χ3v) is 4.53. The summed E-state index contributed by atoms with van der Waals surface area (Å²) in [5, 5.41) is 6.25. The predicted octanol–water partition coefficient (Wildman–Crippen LogP) is 1.36. The first kappa shape index (κ1) is 15.9. The van der Waals surface area contributed by atoms with Gasteiger partial charge in [0.05, 0.1) is 11.6 Å². The second-order valence-electron chi connectivity index (χ2n) is 6.41. The van der Waals surface area contributed by atoms with Gasteiger partial charge in [0, 0.05) is 25.6 Å². The smallest absolute Gasteiger partial charge is 0.227 e. The zero-order chi connectivity index (χ0) is 16.4. The molecular weight excluding hydrogens is 297 g/mol. The van der Waals surface area contributed by atoms with Crippen LogP contribution in [0.4, 0.5) is 10.1 Å². The standard InChI is InChI=1S/C17H22FN3O2/c1-11-4-5-15(14(18)7-11)21-10-12(8-16(21)22)17(23)20-13-3-2-6-19-9-13/h4-5,7,12-13,19H,2-3,6,8-10H2,1H3,(H,20,23)/t12?,13-/m0/s1. The highest BCUT2D eigenvalue weighted by molar-refractivity contribution is 6.00. The predicted molar refractivity (Wildman–Crippen MR) is 85.6 cm³/mol. The number of nitrogens with one attached hydrogen (secondary N) is 2. The van der Waals surface area contributed by atoms with E-state index in [9.17, 15) is 14.0 Å². The van der Waals surface area contributed by atoms with Gasteiger partial charge >= 0.3 is 0 Å². The van der Waals surface area contributed by atoms with E-state index < -0.39 is 11.7 Å². The second-order valence-corrected chi connectivity index (χ2v) is 6.41. The van der Waals surface area contributed by atoms with Gasteiger partial charge in [0.25, 0.3) is 0 Å². The highest BCUT2D eigenvalue weighted by Gasteiger charge is 2.36. The molecule has 23 heavy (non-hydrogen) atoms. The highest BCUT2D eigenvalue weighted by atomic mass is 19.1. The lowest BCUT2D eigenvalue weighted by Gasteiger charge is -2.25. The van der Waals surface area contributed by atoms with Crippen LogP contribution in [0.2, 0.25) is 0 Å². The number of rotatable bonds is 3. The number of hydrogen-bond acceptors (Lipinski definition) is 3. The lowest BCUT2D eigenvalue weighted by molar-refractivity contribution is -0.127. The Morgan fingerprint density at radius 1 is 1.43 bits per heavy atom. The summed E-state index contributed by atoms with van der Waals surface area (Å²) in [6, 6.07) is 4.90. The maximum atomic E-state index is 14.1. The van der Waals surface area contributed by atoms with Crippen LogP contribution in [0.3, 0.4) is 0 Å². The van der Waals surface area contributed by atoms with Crippen molar-refractivity contribution in [3.63, 3.8) is 0 Å². The van der Waals surface area contributed by atoms with E-state index in [-0.39, 0.29) is 36.5 Å². The molecule has 2 N–H and O–H groups in total. The zero-order valence-corrected chi connectivity index (χ0v) is 13.3. The van der Waals surface area contributed by atoms with Gasteiger partial charge in [-0.2, -0.15) is 0 Å². The third-order valence-electron chi connectivity index (χ3n) is 4.53. The van der Waals surface area contributed by atoms with Crippen molar-refractivity contribution in [2.24, 2.45) is 5.92 Å². The summed E-state index contributed by atoms with van der Waals surface area (Å²) < 4.78 is 14.1. The average molecular weight is 319 g/mol. The van der Waals surface area contributed by atoms with Crippen LogP contribution in [-0.2, 0) is 9.59 Å². The third kappa shape index (κ3) is 3.52. The summed E-state index contributed by atoms with van der Waals surface area (Å²) >= 11 is 0. The molecule has 1 aromatic carbocycles. The molecule has 3 rings (SSSR count). The Kier molecular flexibility index (Phi) is 4.61. The summed E-state index contributed by atoms with van der Waals surface area (Å²) in [5.41, 5.74) is 1.06. The molecule has 6 heteroatoms. The normalized spacial score (nSPS) is 24.8. The molecule has 0 bridgehead atoms. The van der Waals surface area contributed by atoms with Crippen LogP contribution in [0.5, 0.6) is 0 Å². The molecule has 0 aromatic heterocycles. The Balaban J connectivity index is 1.65. The Bertz CT molecular complexity index is 614. The minimum atomic E-state index is -0.420. The van der Waals surface area contributed by atoms with Crippen molar-refractivity contribution < 1.29 is 14.0 Å². The molecule has 2 atom stereocenters. The van der Waals surface area contributed by atoms with Crippen molar-refractivity contribution >= 4 is 17.5 Å². The second kappa shape index (κ2) is 6.66. The van der Waals surface area contributed by atoms with Crippen LogP contribution in [0.25, 0.3) is 0 Å². The maximum Gasteiger partial charge on any atom is 0.227 e. The Labute approximate surface area is 135 Å². The van der Waals surface area contributed by atoms with E-state index >= 15 is 0 Å². The van der Waals surface area contributed by atoms with Gasteiger partial charge in [0.2, 0.25) is 11.8 Å². The summed E-state index contributed by atoms with van der Waals surface area (Å²) in [5.74, 6) is -1.14. The SMILES string of the molecule is Cc1ccc(N2CC(C(=O)N[C@H]3CCCNC3)CC2=O)c(F)c1. The summed E-state index contributed by atoms with van der Waals surface area (Å²) in [6.07, 6.45) is 2.13. The number of piperidine rings is 1. The molecule has 0 radical (unpaired) electrons. The monoisotopic (exact) mass is 319 g/mol. The number of anilines is 1. The summed E-state index contributed by atoms with van der Waals surface area (Å²) in [6.45, 7) is 3.79. The Hall–Kier alpha value is -1.95. The van der Waals surface area contributed by atoms with E-state index in [4.69, 9.17) is 0 Å². The quantitative estimate of drug-likeness (QED) is 0.884. The topological polar surface area (TPSA) is 61.4 Å². The van der Waals surface area contributed by atoms with Gasteiger partial charge < -0.3 is 15.5 Å². The molecule has 0 spiro atoms. The minimum Gasteiger partial charge on any atom is -0.352 e. The molecule has 124 valence electrons. The molecular formula is C17H22FN3O2. The van der Waals surface area contributed by atoms with Crippen LogP contribution >= 0.6 is 0 Å². The van der Waals surface area contributed by atoms with Gasteiger partial charge in [-0.05, 0) is 44.0 Å². The van der Waals surface area contributed by atoms with Crippen LogP contribution in [0.1, 0.15) is 24.8 Å². The molecule has 2 saturated heterocycles. The first-order valence-electron chi connectivity index (χ1n) is 8.12. The molecule has 1 aromatic rings. The van der Waals surface area contributed by atoms with Crippen molar-refractivity contribution in [2.75, 3.05) is 24.5 Å². The molecule has 2 aliphatic heterocycles. The average Bonchev–Trinajstić information content (AvgIpc) is 2.90. The lowest BCUT2D eigenvalue weighted by atomic mass is 10.0. The van der Waals surface area contributed by atoms with Gasteiger partial charge in [0.1, 0.15) is 5.82 Å². The van der Waals surface area contributed by atoms with E-state index in [1.807, 2.05) is 0 Å². The summed E-state index contributed by atoms with van der Waals surface area (Å²) in [4.78, 5) is 25.9. The van der Waals surface area contributed by atoms with Gasteiger partial charge in [-0.15, -0.1) is 0 Å². The lowest BCUT2D eigenvalue weighted by Crippen LogP contribution is -2.47. The first-order valence-corrected chi connectivity index (χ1v) is 8.12. The fraction of sp³-hybridized carbons (Fsp3) is 0.529. The first-order chi connectivity index (χ1) is 11.0. The van der Waals surface area contributed by atoms with Crippen molar-refractivity contribution in [2.45, 2.75) is 32.2 Å². The number of aryl methyl sites for hydroxylation is 1. The van der Waals surface area contributed by atoms with Crippen molar-refractivity contribution in [3.8, 4) is 0 Å². The van der Waals surface area contributed by atoms with E-state index in [0.717, 1.165) is 31.5 Å². The van der Waals surface area contributed by atoms with Crippen LogP contribution in [0.15, 0.2) is 18.2 Å². The maximum absolute atomic E-state index is 14.1. The number of carbonyl (C=O) groups is 2. The molecule has 2 heterocycles. The number of carbonyl (C=O) groups excluding carboxylic acids is 2. The number of amides is 2. The number of benzene rings is 1. The van der Waals surface area contributed by atoms with E-state index in [1.165, 1.54) is 11.0 Å². The van der Waals surface area contributed by atoms with Crippen LogP contribution < -0.4 is 15.5 Å². The van der Waals surface area contributed by atoms with Gasteiger partial charge in [0.15, 0.2) is 0 Å². The van der Waals surface area contributed by atoms with Crippen molar-refractivity contribution in [1.29, 1.82) is 0 Å². The zero-order valence-electron chi connectivity index (χ0n) is 13.3. The van der Waals surface area contributed by atoms with Crippen molar-refractivity contribution in [1.82, 2.24) is 10.6 Å². The van der Waals surface area contributed by atoms with Gasteiger partial charge in [-0.3, -0.25) is 9.59 Å². The molecule has 2 aliphatic rings. The largest absolute Gasteiger partial charge is 0.352 e. The van der Waals surface area contributed by atoms with Crippen LogP contribution in [0, 0.1) is 18.7 Å². The Morgan fingerprint density at radius 3 is 2.96 bits per heavy atom. The van der Waals surface area contributed by atoms with E-state index in [0.29, 0.717) is 0 Å². The molecule has 2 fully saturated rings. The van der Waals surface area contributed by atoms with E-state index in [2.05, 4.69) is 10.6 Å². The molecule has 0 aliphatic carbocycles. The fourth-order valence-electron chi connectivity index (χ4n) is 3.24. The molecule has 5 nitrogen and oxygen atoms in total. The summed E-state index contributed by atoms with van der Waals surface area (Å²) in [7, 11) is 0. The Morgan fingerprint density at radius 2 is 2.26 bits per heavy atom. The number of hydrogen-bond donors (Lipinski definition) is 2. The van der Waals surface area contributed by atoms with Crippen molar-refractivity contribution in [3.05, 3.63) is 29.6 Å². The van der Waals surface area contributed by atoms with Gasteiger partial charge in [-0.1, -0.05) is 6.07 Å². The number of nitrogens with zero attached hydrogens (tertiary/aromatic N) is 1. The van der Waals surface area contributed by atoms with Gasteiger partial charge in [-0.25, -0.2) is 4.39 Å². The van der Waals surface area contributed by atoms with Crippen LogP contribution in [-0.4, -0.2) is 37.5 Å².